The van der Waals surface area contributed by atoms with Crippen molar-refractivity contribution in [3.8, 4) is 0 Å². The molecule has 1 atom stereocenters. The van der Waals surface area contributed by atoms with Crippen molar-refractivity contribution >= 4 is 11.6 Å². The van der Waals surface area contributed by atoms with Gasteiger partial charge in [0, 0.05) is 36.4 Å². The minimum absolute atomic E-state index is 0.445. The van der Waals surface area contributed by atoms with Crippen molar-refractivity contribution in [2.24, 2.45) is 0 Å². The predicted molar refractivity (Wildman–Crippen MR) is 74.9 cm³/mol. The summed E-state index contributed by atoms with van der Waals surface area (Å²) in [6, 6.07) is 8.47. The summed E-state index contributed by atoms with van der Waals surface area (Å²) in [5.74, 6) is 1.03. The maximum Gasteiger partial charge on any atom is 0.107 e. The first-order valence-electron chi connectivity index (χ1n) is 6.20. The van der Waals surface area contributed by atoms with Crippen molar-refractivity contribution in [1.82, 2.24) is 15.3 Å². The summed E-state index contributed by atoms with van der Waals surface area (Å²) in [5.41, 5.74) is 1.30. The summed E-state index contributed by atoms with van der Waals surface area (Å²) >= 11 is 5.86. The van der Waals surface area contributed by atoms with Crippen LogP contribution in [0.15, 0.2) is 36.7 Å². The smallest absolute Gasteiger partial charge is 0.107 e. The Kier molecular flexibility index (Phi) is 4.79. The third-order valence-electron chi connectivity index (χ3n) is 2.86. The zero-order chi connectivity index (χ0) is 12.8. The molecule has 0 amide bonds. The van der Waals surface area contributed by atoms with Crippen LogP contribution in [0.4, 0.5) is 0 Å². The Morgan fingerprint density at radius 1 is 1.33 bits per heavy atom. The number of aromatic nitrogens is 2. The number of aromatic amines is 1. The molecule has 0 radical (unpaired) electrons. The molecule has 0 saturated carbocycles. The van der Waals surface area contributed by atoms with Gasteiger partial charge in [-0.15, -0.1) is 0 Å². The third kappa shape index (κ3) is 4.17. The molecule has 0 spiro atoms. The van der Waals surface area contributed by atoms with Crippen molar-refractivity contribution in [3.63, 3.8) is 0 Å². The van der Waals surface area contributed by atoms with E-state index in [-0.39, 0.29) is 0 Å². The number of imidazole rings is 1. The van der Waals surface area contributed by atoms with Crippen LogP contribution >= 0.6 is 11.6 Å². The van der Waals surface area contributed by atoms with E-state index in [0.29, 0.717) is 6.04 Å². The van der Waals surface area contributed by atoms with Crippen LogP contribution in [0.25, 0.3) is 0 Å². The highest BCUT2D eigenvalue weighted by Crippen LogP contribution is 2.10. The fourth-order valence-corrected chi connectivity index (χ4v) is 2.04. The summed E-state index contributed by atoms with van der Waals surface area (Å²) in [5, 5.41) is 4.28. The van der Waals surface area contributed by atoms with E-state index in [4.69, 9.17) is 11.6 Å². The molecular formula is C14H18ClN3. The first-order valence-corrected chi connectivity index (χ1v) is 6.58. The first-order chi connectivity index (χ1) is 8.74. The second kappa shape index (κ2) is 6.57. The van der Waals surface area contributed by atoms with Gasteiger partial charge in [0.2, 0.25) is 0 Å². The SMILES string of the molecule is CC(Cc1ccc(Cl)cc1)NCCc1ncc[nH]1. The van der Waals surface area contributed by atoms with Crippen molar-refractivity contribution in [1.29, 1.82) is 0 Å². The van der Waals surface area contributed by atoms with Gasteiger partial charge in [0.25, 0.3) is 0 Å². The van der Waals surface area contributed by atoms with Gasteiger partial charge in [-0.2, -0.15) is 0 Å². The second-order valence-corrected chi connectivity index (χ2v) is 4.91. The van der Waals surface area contributed by atoms with Gasteiger partial charge in [0.1, 0.15) is 5.82 Å². The number of nitrogens with one attached hydrogen (secondary N) is 2. The van der Waals surface area contributed by atoms with Gasteiger partial charge in [-0.05, 0) is 31.0 Å². The molecule has 96 valence electrons. The summed E-state index contributed by atoms with van der Waals surface area (Å²) < 4.78 is 0. The molecule has 0 saturated heterocycles. The van der Waals surface area contributed by atoms with Crippen molar-refractivity contribution in [3.05, 3.63) is 53.1 Å². The first kappa shape index (κ1) is 13.1. The lowest BCUT2D eigenvalue weighted by molar-refractivity contribution is 0.544. The Bertz CT molecular complexity index is 450. The number of hydrogen-bond donors (Lipinski definition) is 2. The van der Waals surface area contributed by atoms with Crippen LogP contribution in [0.5, 0.6) is 0 Å². The Hall–Kier alpha value is -1.32. The molecule has 0 aliphatic heterocycles. The van der Waals surface area contributed by atoms with Gasteiger partial charge in [0.05, 0.1) is 0 Å². The third-order valence-corrected chi connectivity index (χ3v) is 3.12. The van der Waals surface area contributed by atoms with Gasteiger partial charge in [-0.3, -0.25) is 0 Å². The average Bonchev–Trinajstić information content (AvgIpc) is 2.85. The van der Waals surface area contributed by atoms with Gasteiger partial charge in [-0.25, -0.2) is 4.98 Å². The normalized spacial score (nSPS) is 12.6. The Balaban J connectivity index is 1.71. The molecule has 2 aromatic rings. The Morgan fingerprint density at radius 2 is 2.11 bits per heavy atom. The highest BCUT2D eigenvalue weighted by Gasteiger charge is 2.03. The van der Waals surface area contributed by atoms with Crippen LogP contribution in [0.3, 0.4) is 0 Å². The lowest BCUT2D eigenvalue weighted by Crippen LogP contribution is -2.30. The zero-order valence-corrected chi connectivity index (χ0v) is 11.2. The van der Waals surface area contributed by atoms with E-state index in [1.165, 1.54) is 5.56 Å². The molecule has 0 aliphatic rings. The summed E-state index contributed by atoms with van der Waals surface area (Å²) in [4.78, 5) is 7.30. The van der Waals surface area contributed by atoms with Gasteiger partial charge in [-0.1, -0.05) is 23.7 Å². The maximum atomic E-state index is 5.86. The van der Waals surface area contributed by atoms with Crippen LogP contribution in [0, 0.1) is 0 Å². The number of rotatable bonds is 6. The van der Waals surface area contributed by atoms with Crippen molar-refractivity contribution in [2.45, 2.75) is 25.8 Å². The summed E-state index contributed by atoms with van der Waals surface area (Å²) in [6.45, 7) is 3.12. The van der Waals surface area contributed by atoms with Crippen LogP contribution in [0.1, 0.15) is 18.3 Å². The standard InChI is InChI=1S/C14H18ClN3/c1-11(10-12-2-4-13(15)5-3-12)16-7-6-14-17-8-9-18-14/h2-5,8-9,11,16H,6-7,10H2,1H3,(H,17,18). The number of halogens is 1. The second-order valence-electron chi connectivity index (χ2n) is 4.47. The number of hydrogen-bond acceptors (Lipinski definition) is 2. The highest BCUT2D eigenvalue weighted by atomic mass is 35.5. The van der Waals surface area contributed by atoms with E-state index in [1.54, 1.807) is 6.20 Å². The lowest BCUT2D eigenvalue weighted by atomic mass is 10.1. The fourth-order valence-electron chi connectivity index (χ4n) is 1.92. The Labute approximate surface area is 113 Å². The molecule has 1 aromatic heterocycles. The van der Waals surface area contributed by atoms with Crippen LogP contribution < -0.4 is 5.32 Å². The van der Waals surface area contributed by atoms with Gasteiger partial charge in [0.15, 0.2) is 0 Å². The number of H-pyrrole nitrogens is 1. The molecule has 3 nitrogen and oxygen atoms in total. The van der Waals surface area contributed by atoms with Crippen LogP contribution in [-0.2, 0) is 12.8 Å². The van der Waals surface area contributed by atoms with Crippen LogP contribution in [-0.4, -0.2) is 22.6 Å². The molecule has 1 aromatic carbocycles. The monoisotopic (exact) mass is 263 g/mol. The molecule has 2 rings (SSSR count). The minimum Gasteiger partial charge on any atom is -0.349 e. The van der Waals surface area contributed by atoms with Crippen LogP contribution in [0.2, 0.25) is 5.02 Å². The van der Waals surface area contributed by atoms with Crippen molar-refractivity contribution in [2.75, 3.05) is 6.54 Å². The molecular weight excluding hydrogens is 246 g/mol. The molecule has 4 heteroatoms. The van der Waals surface area contributed by atoms with E-state index in [0.717, 1.165) is 30.2 Å². The number of nitrogens with zero attached hydrogens (tertiary/aromatic N) is 1. The molecule has 18 heavy (non-hydrogen) atoms. The van der Waals surface area contributed by atoms with Gasteiger partial charge >= 0.3 is 0 Å². The predicted octanol–water partition coefficient (Wildman–Crippen LogP) is 2.83. The quantitative estimate of drug-likeness (QED) is 0.841. The molecule has 2 N–H and O–H groups in total. The molecule has 1 unspecified atom stereocenters. The summed E-state index contributed by atoms with van der Waals surface area (Å²) in [6.07, 6.45) is 5.58. The molecule has 0 fully saturated rings. The largest absolute Gasteiger partial charge is 0.349 e. The fraction of sp³-hybridized carbons (Fsp3) is 0.357. The topological polar surface area (TPSA) is 40.7 Å². The average molecular weight is 264 g/mol. The van der Waals surface area contributed by atoms with E-state index in [1.807, 2.05) is 18.3 Å². The minimum atomic E-state index is 0.445. The molecule has 0 aliphatic carbocycles. The highest BCUT2D eigenvalue weighted by molar-refractivity contribution is 6.30. The number of benzene rings is 1. The van der Waals surface area contributed by atoms with Crippen molar-refractivity contribution < 1.29 is 0 Å². The van der Waals surface area contributed by atoms with E-state index < -0.39 is 0 Å². The Morgan fingerprint density at radius 3 is 2.78 bits per heavy atom. The maximum absolute atomic E-state index is 5.86. The zero-order valence-electron chi connectivity index (χ0n) is 10.5. The lowest BCUT2D eigenvalue weighted by Gasteiger charge is -2.13. The van der Waals surface area contributed by atoms with E-state index in [2.05, 4.69) is 34.3 Å². The summed E-state index contributed by atoms with van der Waals surface area (Å²) in [7, 11) is 0. The van der Waals surface area contributed by atoms with E-state index >= 15 is 0 Å². The molecule has 0 bridgehead atoms. The van der Waals surface area contributed by atoms with Gasteiger partial charge < -0.3 is 10.3 Å². The van der Waals surface area contributed by atoms with E-state index in [9.17, 15) is 0 Å². The molecule has 1 heterocycles.